The second kappa shape index (κ2) is 17.6. The van der Waals surface area contributed by atoms with Gasteiger partial charge >= 0.3 is 0 Å². The van der Waals surface area contributed by atoms with Crippen LogP contribution >= 0.6 is 0 Å². The quantitative estimate of drug-likeness (QED) is 0.0442. The number of carbonyl (C=O) groups is 3. The molecule has 0 bridgehead atoms. The van der Waals surface area contributed by atoms with Crippen LogP contribution in [0.2, 0.25) is 18.1 Å². The number of nitrogens with one attached hydrogen (secondary N) is 1. The Bertz CT molecular complexity index is 1930. The van der Waals surface area contributed by atoms with Crippen molar-refractivity contribution >= 4 is 47.1 Å². The molecular formula is C42H66N4O10SSi. The number of unbranched alkanes of at least 4 members (excludes halogenated alkanes) is 2. The van der Waals surface area contributed by atoms with E-state index in [2.05, 4.69) is 9.62 Å². The molecule has 58 heavy (non-hydrogen) atoms. The number of methoxy groups -OCH3 is 1. The van der Waals surface area contributed by atoms with Crippen molar-refractivity contribution in [1.82, 2.24) is 9.80 Å². The fraction of sp³-hybridized carbons (Fsp3) is 0.690. The average molecular weight is 847 g/mol. The van der Waals surface area contributed by atoms with Crippen LogP contribution in [0.3, 0.4) is 0 Å². The number of ether oxygens (including phenoxy) is 3. The maximum absolute atomic E-state index is 15.7. The Hall–Kier alpha value is -3.44. The van der Waals surface area contributed by atoms with E-state index < -0.39 is 75.5 Å². The van der Waals surface area contributed by atoms with E-state index in [9.17, 15) is 18.3 Å². The predicted octanol–water partition coefficient (Wildman–Crippen LogP) is 5.57. The van der Waals surface area contributed by atoms with Gasteiger partial charge in [-0.15, -0.1) is 0 Å². The number of nitrogens with two attached hydrogens (primary N) is 1. The summed E-state index contributed by atoms with van der Waals surface area (Å²) < 4.78 is 55.1. The standard InChI is InChI=1S/C42H66N4O10SSi/c1-11-13-20-54-37-29(44-57(51,52)22-19-46-17-15-16-18-46)25-30(53-8)27-23-26-24-28-34(45(6)7)36(48)33(40(43)55-21-14-12-2)39(50)42(28,56-58(9,10)41(3,4)5)38(49)31(26)35(47)32(27)37/h25-26,28,34,44,47H,11-24,43H2,1-10H3/t26-,28-,34-,42-/m0/s1. The lowest BCUT2D eigenvalue weighted by Crippen LogP contribution is -2.72. The molecule has 324 valence electrons. The maximum atomic E-state index is 15.7. The molecule has 1 saturated heterocycles. The number of nitrogens with zero attached hydrogens (tertiary/aromatic N) is 2. The lowest BCUT2D eigenvalue weighted by Gasteiger charge is -2.55. The van der Waals surface area contributed by atoms with Crippen LogP contribution in [0, 0.1) is 11.8 Å². The predicted molar refractivity (Wildman–Crippen MR) is 227 cm³/mol. The number of rotatable bonds is 17. The minimum atomic E-state index is -3.91. The Morgan fingerprint density at radius 1 is 1.07 bits per heavy atom. The zero-order valence-electron chi connectivity index (χ0n) is 36.2. The van der Waals surface area contributed by atoms with Crippen LogP contribution in [0.4, 0.5) is 5.69 Å². The number of aliphatic hydroxyl groups is 1. The van der Waals surface area contributed by atoms with Crippen LogP contribution in [-0.2, 0) is 40.0 Å². The molecule has 0 radical (unpaired) electrons. The molecule has 0 spiro atoms. The number of carbonyl (C=O) groups excluding carboxylic acids is 3. The zero-order valence-corrected chi connectivity index (χ0v) is 38.0. The highest BCUT2D eigenvalue weighted by Gasteiger charge is 2.69. The number of likely N-dealkylation sites (N-methyl/N-ethyl adjacent to an activating group) is 1. The van der Waals surface area contributed by atoms with E-state index in [1.54, 1.807) is 25.1 Å². The average Bonchev–Trinajstić information content (AvgIpc) is 3.66. The Kier molecular flexibility index (Phi) is 13.9. The summed E-state index contributed by atoms with van der Waals surface area (Å²) in [5, 5.41) is 12.1. The van der Waals surface area contributed by atoms with Gasteiger partial charge in [-0.05, 0) is 89.8 Å². The van der Waals surface area contributed by atoms with Gasteiger partial charge in [0.2, 0.25) is 21.6 Å². The van der Waals surface area contributed by atoms with Gasteiger partial charge in [-0.25, -0.2) is 8.42 Å². The van der Waals surface area contributed by atoms with Crippen LogP contribution in [0.1, 0.15) is 90.7 Å². The zero-order chi connectivity index (χ0) is 43.0. The minimum Gasteiger partial charge on any atom is -0.507 e. The summed E-state index contributed by atoms with van der Waals surface area (Å²) in [5.41, 5.74) is 4.48. The van der Waals surface area contributed by atoms with Gasteiger partial charge in [0.25, 0.3) is 0 Å². The number of hydrogen-bond acceptors (Lipinski definition) is 13. The molecule has 1 aromatic rings. The topological polar surface area (TPSA) is 187 Å². The van der Waals surface area contributed by atoms with Crippen molar-refractivity contribution in [2.75, 3.05) is 64.5 Å². The first kappa shape index (κ1) is 45.6. The molecular weight excluding hydrogens is 781 g/mol. The van der Waals surface area contributed by atoms with Gasteiger partial charge in [0.05, 0.1) is 43.4 Å². The number of anilines is 1. The van der Waals surface area contributed by atoms with Crippen LogP contribution in [0.15, 0.2) is 23.1 Å². The molecule has 16 heteroatoms. The van der Waals surface area contributed by atoms with Gasteiger partial charge in [0.1, 0.15) is 17.1 Å². The molecule has 3 aliphatic carbocycles. The molecule has 14 nitrogen and oxygen atoms in total. The summed E-state index contributed by atoms with van der Waals surface area (Å²) in [7, 11) is -2.03. The number of hydrogen-bond donors (Lipinski definition) is 3. The fourth-order valence-electron chi connectivity index (χ4n) is 8.55. The van der Waals surface area contributed by atoms with Crippen LogP contribution < -0.4 is 19.9 Å². The minimum absolute atomic E-state index is 0.0380. The lowest BCUT2D eigenvalue weighted by molar-refractivity contribution is -0.163. The molecule has 1 heterocycles. The van der Waals surface area contributed by atoms with Crippen molar-refractivity contribution < 1.29 is 46.5 Å². The van der Waals surface area contributed by atoms with Crippen LogP contribution in [0.5, 0.6) is 11.5 Å². The Morgan fingerprint density at radius 3 is 2.29 bits per heavy atom. The van der Waals surface area contributed by atoms with Gasteiger partial charge in [0, 0.05) is 29.7 Å². The first-order valence-corrected chi connectivity index (χ1v) is 25.4. The van der Waals surface area contributed by atoms with Crippen LogP contribution in [-0.4, -0.2) is 120 Å². The molecule has 4 N–H and O–H groups in total. The van der Waals surface area contributed by atoms with Gasteiger partial charge in [-0.2, -0.15) is 0 Å². The molecule has 4 atom stereocenters. The van der Waals surface area contributed by atoms with E-state index in [1.165, 1.54) is 7.11 Å². The molecule has 0 aromatic heterocycles. The summed E-state index contributed by atoms with van der Waals surface area (Å²) >= 11 is 0. The molecule has 0 amide bonds. The highest BCUT2D eigenvalue weighted by Crippen LogP contribution is 2.57. The number of fused-ring (bicyclic) bond motifs is 3. The second-order valence-corrected chi connectivity index (χ2v) is 24.5. The van der Waals surface area contributed by atoms with Crippen molar-refractivity contribution in [3.8, 4) is 11.5 Å². The van der Waals surface area contributed by atoms with Gasteiger partial charge in [-0.1, -0.05) is 47.5 Å². The van der Waals surface area contributed by atoms with Crippen molar-refractivity contribution in [3.05, 3.63) is 34.2 Å². The fourth-order valence-corrected chi connectivity index (χ4v) is 11.1. The van der Waals surface area contributed by atoms with E-state index in [1.807, 2.05) is 47.7 Å². The number of ketones is 3. The van der Waals surface area contributed by atoms with Gasteiger partial charge < -0.3 is 34.4 Å². The third kappa shape index (κ3) is 8.59. The SMILES string of the molecule is CCCCOC(N)=C1C(=O)[C@@H](N(C)C)[C@@H]2C[C@@H]3Cc4c(OC)cc(NS(=O)(=O)CCN5CCCC5)c(OCCCC)c4C(O)=C3C(=O)[C@]2(O[Si](C)(C)C(C)(C)C)C1=O. The van der Waals surface area contributed by atoms with E-state index in [-0.39, 0.29) is 60.3 Å². The summed E-state index contributed by atoms with van der Waals surface area (Å²) in [6, 6.07) is 0.572. The smallest absolute Gasteiger partial charge is 0.234 e. The number of likely N-dealkylation sites (tertiary alicyclic amines) is 1. The monoisotopic (exact) mass is 846 g/mol. The maximum Gasteiger partial charge on any atom is 0.234 e. The third-order valence-corrected chi connectivity index (χ3v) is 18.4. The molecule has 5 rings (SSSR count). The molecule has 1 aromatic carbocycles. The summed E-state index contributed by atoms with van der Waals surface area (Å²) in [6.07, 6.45) is 5.19. The molecule has 0 unspecified atom stereocenters. The first-order valence-electron chi connectivity index (χ1n) is 20.8. The highest BCUT2D eigenvalue weighted by molar-refractivity contribution is 7.92. The molecule has 4 aliphatic rings. The normalized spacial score (nSPS) is 25.1. The summed E-state index contributed by atoms with van der Waals surface area (Å²) in [4.78, 5) is 49.3. The Balaban J connectivity index is 1.75. The largest absolute Gasteiger partial charge is 0.507 e. The van der Waals surface area contributed by atoms with Crippen molar-refractivity contribution in [2.24, 2.45) is 17.6 Å². The number of Topliss-reactive ketones (excluding diaryl/α,β-unsaturated/α-hetero) is 3. The second-order valence-electron chi connectivity index (χ2n) is 18.0. The Morgan fingerprint density at radius 2 is 1.71 bits per heavy atom. The number of benzene rings is 1. The van der Waals surface area contributed by atoms with Crippen molar-refractivity contribution in [1.29, 1.82) is 0 Å². The summed E-state index contributed by atoms with van der Waals surface area (Å²) in [5.74, 6) is -4.37. The molecule has 1 aliphatic heterocycles. The molecule has 3 fully saturated rings. The lowest BCUT2D eigenvalue weighted by atomic mass is 9.56. The van der Waals surface area contributed by atoms with Gasteiger partial charge in [0.15, 0.2) is 31.3 Å². The first-order chi connectivity index (χ1) is 27.2. The van der Waals surface area contributed by atoms with Crippen LogP contribution in [0.25, 0.3) is 5.76 Å². The number of sulfonamides is 1. The van der Waals surface area contributed by atoms with Gasteiger partial charge in [-0.3, -0.25) is 24.0 Å². The van der Waals surface area contributed by atoms with E-state index >= 15 is 9.59 Å². The van der Waals surface area contributed by atoms with Crippen molar-refractivity contribution in [2.45, 2.75) is 116 Å². The number of aliphatic hydroxyl groups excluding tert-OH is 1. The third-order valence-electron chi connectivity index (χ3n) is 12.7. The molecule has 2 saturated carbocycles. The van der Waals surface area contributed by atoms with Crippen molar-refractivity contribution in [3.63, 3.8) is 0 Å². The van der Waals surface area contributed by atoms with E-state index in [0.29, 0.717) is 30.7 Å². The Labute approximate surface area is 346 Å². The van der Waals surface area contributed by atoms with E-state index in [0.717, 1.165) is 38.8 Å². The summed E-state index contributed by atoms with van der Waals surface area (Å²) in [6.45, 7) is 16.2. The highest BCUT2D eigenvalue weighted by atomic mass is 32.2. The van der Waals surface area contributed by atoms with E-state index in [4.69, 9.17) is 24.4 Å².